The Hall–Kier alpha value is -2.62. The van der Waals surface area contributed by atoms with Crippen LogP contribution in [0.4, 0.5) is 5.69 Å². The Balaban J connectivity index is 1.60. The van der Waals surface area contributed by atoms with Crippen molar-refractivity contribution in [3.05, 3.63) is 65.2 Å². The number of aryl methyl sites for hydroxylation is 2. The van der Waals surface area contributed by atoms with E-state index in [2.05, 4.69) is 5.32 Å². The Morgan fingerprint density at radius 3 is 2.58 bits per heavy atom. The van der Waals surface area contributed by atoms with Crippen molar-refractivity contribution in [3.8, 4) is 0 Å². The van der Waals surface area contributed by atoms with Crippen LogP contribution in [-0.2, 0) is 16.1 Å². The first kappa shape index (κ1) is 16.2. The summed E-state index contributed by atoms with van der Waals surface area (Å²) in [5.74, 6) is -0.335. The smallest absolute Gasteiger partial charge is 0.227 e. The van der Waals surface area contributed by atoms with Crippen molar-refractivity contribution in [1.29, 1.82) is 0 Å². The Morgan fingerprint density at radius 1 is 1.12 bits per heavy atom. The van der Waals surface area contributed by atoms with E-state index in [4.69, 9.17) is 0 Å². The van der Waals surface area contributed by atoms with Crippen LogP contribution in [0.25, 0.3) is 0 Å². The van der Waals surface area contributed by atoms with E-state index in [-0.39, 0.29) is 24.2 Å². The zero-order chi connectivity index (χ0) is 17.1. The fourth-order valence-corrected chi connectivity index (χ4v) is 2.97. The molecule has 1 saturated heterocycles. The van der Waals surface area contributed by atoms with Crippen LogP contribution in [0.1, 0.15) is 23.1 Å². The molecule has 1 fully saturated rings. The molecule has 0 saturated carbocycles. The molecule has 1 N–H and O–H groups in total. The maximum absolute atomic E-state index is 12.4. The lowest BCUT2D eigenvalue weighted by Gasteiger charge is -2.17. The van der Waals surface area contributed by atoms with Crippen molar-refractivity contribution in [2.75, 3.05) is 11.4 Å². The van der Waals surface area contributed by atoms with Crippen LogP contribution in [0.5, 0.6) is 0 Å². The number of hydrogen-bond acceptors (Lipinski definition) is 2. The van der Waals surface area contributed by atoms with Crippen LogP contribution < -0.4 is 10.2 Å². The lowest BCUT2D eigenvalue weighted by atomic mass is 10.1. The predicted molar refractivity (Wildman–Crippen MR) is 94.7 cm³/mol. The number of carbonyl (C=O) groups excluding carboxylic acids is 2. The summed E-state index contributed by atoms with van der Waals surface area (Å²) >= 11 is 0. The third-order valence-corrected chi connectivity index (χ3v) is 4.40. The van der Waals surface area contributed by atoms with Crippen LogP contribution >= 0.6 is 0 Å². The lowest BCUT2D eigenvalue weighted by Crippen LogP contribution is -2.32. The molecule has 124 valence electrons. The van der Waals surface area contributed by atoms with E-state index in [0.29, 0.717) is 13.1 Å². The highest BCUT2D eigenvalue weighted by Gasteiger charge is 2.34. The number of hydrogen-bond donors (Lipinski definition) is 1. The molecule has 2 aromatic rings. The van der Waals surface area contributed by atoms with Crippen LogP contribution in [0.3, 0.4) is 0 Å². The summed E-state index contributed by atoms with van der Waals surface area (Å²) in [6, 6.07) is 15.9. The number of carbonyl (C=O) groups is 2. The largest absolute Gasteiger partial charge is 0.352 e. The molecular weight excluding hydrogens is 300 g/mol. The van der Waals surface area contributed by atoms with Gasteiger partial charge in [0, 0.05) is 25.2 Å². The molecule has 0 unspecified atom stereocenters. The normalized spacial score (nSPS) is 17.2. The number of benzene rings is 2. The van der Waals surface area contributed by atoms with Crippen LogP contribution in [0.15, 0.2) is 48.5 Å². The molecule has 0 radical (unpaired) electrons. The average Bonchev–Trinajstić information content (AvgIpc) is 2.96. The monoisotopic (exact) mass is 322 g/mol. The zero-order valence-corrected chi connectivity index (χ0v) is 14.1. The highest BCUT2D eigenvalue weighted by Crippen LogP contribution is 2.25. The molecule has 0 spiro atoms. The van der Waals surface area contributed by atoms with Gasteiger partial charge in [-0.3, -0.25) is 9.59 Å². The van der Waals surface area contributed by atoms with Gasteiger partial charge in [-0.05, 0) is 37.1 Å². The summed E-state index contributed by atoms with van der Waals surface area (Å²) in [6.45, 7) is 4.97. The minimum atomic E-state index is -0.288. The molecule has 4 nitrogen and oxygen atoms in total. The molecule has 0 aliphatic carbocycles. The van der Waals surface area contributed by atoms with Gasteiger partial charge in [-0.15, -0.1) is 0 Å². The van der Waals surface area contributed by atoms with E-state index < -0.39 is 0 Å². The van der Waals surface area contributed by atoms with Crippen molar-refractivity contribution in [1.82, 2.24) is 5.32 Å². The molecule has 0 bridgehead atoms. The fourth-order valence-electron chi connectivity index (χ4n) is 2.97. The average molecular weight is 322 g/mol. The van der Waals surface area contributed by atoms with Crippen molar-refractivity contribution in [2.24, 2.45) is 5.92 Å². The third kappa shape index (κ3) is 3.65. The van der Waals surface area contributed by atoms with Gasteiger partial charge < -0.3 is 10.2 Å². The van der Waals surface area contributed by atoms with Gasteiger partial charge >= 0.3 is 0 Å². The van der Waals surface area contributed by atoms with Gasteiger partial charge in [0.15, 0.2) is 0 Å². The second-order valence-electron chi connectivity index (χ2n) is 6.45. The standard InChI is InChI=1S/C20H22N2O2/c1-14-6-8-16(9-7-14)12-21-20(24)17-11-19(23)22(13-17)18-5-3-4-15(2)10-18/h3-10,17H,11-13H2,1-2H3,(H,21,24)/t17-/m1/s1. The number of anilines is 1. The number of rotatable bonds is 4. The van der Waals surface area contributed by atoms with Crippen LogP contribution in [0, 0.1) is 19.8 Å². The molecule has 24 heavy (non-hydrogen) atoms. The number of amides is 2. The molecule has 2 amide bonds. The summed E-state index contributed by atoms with van der Waals surface area (Å²) in [4.78, 5) is 26.4. The second kappa shape index (κ2) is 6.87. The van der Waals surface area contributed by atoms with E-state index in [1.165, 1.54) is 5.56 Å². The van der Waals surface area contributed by atoms with Crippen molar-refractivity contribution in [3.63, 3.8) is 0 Å². The van der Waals surface area contributed by atoms with E-state index in [1.54, 1.807) is 4.90 Å². The number of nitrogens with one attached hydrogen (secondary N) is 1. The molecule has 1 heterocycles. The molecular formula is C20H22N2O2. The zero-order valence-electron chi connectivity index (χ0n) is 14.1. The van der Waals surface area contributed by atoms with Gasteiger partial charge in [-0.2, -0.15) is 0 Å². The summed E-state index contributed by atoms with van der Waals surface area (Å²) in [5.41, 5.74) is 4.23. The van der Waals surface area contributed by atoms with Crippen LogP contribution in [-0.4, -0.2) is 18.4 Å². The molecule has 0 aromatic heterocycles. The first-order valence-electron chi connectivity index (χ1n) is 8.23. The van der Waals surface area contributed by atoms with Gasteiger partial charge in [-0.1, -0.05) is 42.0 Å². The first-order chi connectivity index (χ1) is 11.5. The Kier molecular flexibility index (Phi) is 4.65. The quantitative estimate of drug-likeness (QED) is 0.941. The van der Waals surface area contributed by atoms with Crippen molar-refractivity contribution >= 4 is 17.5 Å². The molecule has 3 rings (SSSR count). The number of nitrogens with zero attached hydrogens (tertiary/aromatic N) is 1. The van der Waals surface area contributed by atoms with Crippen LogP contribution in [0.2, 0.25) is 0 Å². The summed E-state index contributed by atoms with van der Waals surface area (Å²) < 4.78 is 0. The maximum atomic E-state index is 12.4. The SMILES string of the molecule is Cc1ccc(CNC(=O)[C@@H]2CC(=O)N(c3cccc(C)c3)C2)cc1. The van der Waals surface area contributed by atoms with E-state index >= 15 is 0 Å². The Morgan fingerprint density at radius 2 is 1.88 bits per heavy atom. The maximum Gasteiger partial charge on any atom is 0.227 e. The molecule has 4 heteroatoms. The topological polar surface area (TPSA) is 49.4 Å². The first-order valence-corrected chi connectivity index (χ1v) is 8.23. The van der Waals surface area contributed by atoms with Gasteiger partial charge in [0.2, 0.25) is 11.8 Å². The van der Waals surface area contributed by atoms with Crippen molar-refractivity contribution < 1.29 is 9.59 Å². The minimum absolute atomic E-state index is 0.0103. The van der Waals surface area contributed by atoms with Gasteiger partial charge in [0.25, 0.3) is 0 Å². The van der Waals surface area contributed by atoms with Gasteiger partial charge in [-0.25, -0.2) is 0 Å². The summed E-state index contributed by atoms with van der Waals surface area (Å²) in [7, 11) is 0. The van der Waals surface area contributed by atoms with E-state index in [0.717, 1.165) is 16.8 Å². The predicted octanol–water partition coefficient (Wildman–Crippen LogP) is 2.97. The third-order valence-electron chi connectivity index (χ3n) is 4.40. The summed E-state index contributed by atoms with van der Waals surface area (Å²) in [5, 5.41) is 2.95. The van der Waals surface area contributed by atoms with Crippen molar-refractivity contribution in [2.45, 2.75) is 26.8 Å². The Labute approximate surface area is 142 Å². The summed E-state index contributed by atoms with van der Waals surface area (Å²) in [6.07, 6.45) is 0.272. The molecule has 1 aliphatic rings. The van der Waals surface area contributed by atoms with E-state index in [1.807, 2.05) is 62.4 Å². The highest BCUT2D eigenvalue weighted by molar-refractivity contribution is 6.00. The van der Waals surface area contributed by atoms with Gasteiger partial charge in [0.1, 0.15) is 0 Å². The van der Waals surface area contributed by atoms with E-state index in [9.17, 15) is 9.59 Å². The second-order valence-corrected chi connectivity index (χ2v) is 6.45. The Bertz CT molecular complexity index is 752. The fraction of sp³-hybridized carbons (Fsp3) is 0.300. The molecule has 1 atom stereocenters. The van der Waals surface area contributed by atoms with Gasteiger partial charge in [0.05, 0.1) is 5.92 Å². The minimum Gasteiger partial charge on any atom is -0.352 e. The molecule has 2 aromatic carbocycles. The molecule has 1 aliphatic heterocycles. The highest BCUT2D eigenvalue weighted by atomic mass is 16.2. The lowest BCUT2D eigenvalue weighted by molar-refractivity contribution is -0.126.